The highest BCUT2D eigenvalue weighted by Crippen LogP contribution is 2.28. The van der Waals surface area contributed by atoms with Crippen molar-refractivity contribution >= 4 is 5.91 Å². The summed E-state index contributed by atoms with van der Waals surface area (Å²) < 4.78 is 10.9. The molecule has 26 heavy (non-hydrogen) atoms. The summed E-state index contributed by atoms with van der Waals surface area (Å²) in [6.07, 6.45) is 0.958. The molecule has 1 amide bonds. The number of benzene rings is 1. The number of piperidine rings is 1. The standard InChI is InChI=1S/C20H26N2O4/c1-14(2)18-17(15(3)26-21-18)19(23)22-11-9-20(24,10-12-22)13-25-16-7-5-4-6-8-16/h4-8,14,24H,9-13H2,1-3H3. The maximum absolute atomic E-state index is 12.9. The fourth-order valence-electron chi connectivity index (χ4n) is 3.21. The smallest absolute Gasteiger partial charge is 0.259 e. The molecular weight excluding hydrogens is 332 g/mol. The van der Waals surface area contributed by atoms with Gasteiger partial charge in [-0.1, -0.05) is 37.2 Å². The topological polar surface area (TPSA) is 75.8 Å². The van der Waals surface area contributed by atoms with Gasteiger partial charge in [0.25, 0.3) is 5.91 Å². The average molecular weight is 358 g/mol. The van der Waals surface area contributed by atoms with Gasteiger partial charge in [-0.3, -0.25) is 4.79 Å². The molecule has 0 atom stereocenters. The van der Waals surface area contributed by atoms with E-state index in [9.17, 15) is 9.90 Å². The van der Waals surface area contributed by atoms with Crippen molar-refractivity contribution in [2.75, 3.05) is 19.7 Å². The van der Waals surface area contributed by atoms with Crippen molar-refractivity contribution in [2.24, 2.45) is 0 Å². The summed E-state index contributed by atoms with van der Waals surface area (Å²) >= 11 is 0. The molecule has 2 aromatic rings. The van der Waals surface area contributed by atoms with Gasteiger partial charge in [0.2, 0.25) is 0 Å². The Balaban J connectivity index is 1.61. The minimum atomic E-state index is -0.919. The predicted molar refractivity (Wildman–Crippen MR) is 97.4 cm³/mol. The number of nitrogens with zero attached hydrogens (tertiary/aromatic N) is 2. The summed E-state index contributed by atoms with van der Waals surface area (Å²) in [5, 5.41) is 14.8. The third-order valence-electron chi connectivity index (χ3n) is 4.88. The number of aromatic nitrogens is 1. The number of amides is 1. The van der Waals surface area contributed by atoms with Gasteiger partial charge in [-0.2, -0.15) is 0 Å². The first-order chi connectivity index (χ1) is 12.4. The first-order valence-electron chi connectivity index (χ1n) is 9.05. The highest BCUT2D eigenvalue weighted by Gasteiger charge is 2.36. The molecule has 6 heteroatoms. The van der Waals surface area contributed by atoms with Crippen molar-refractivity contribution in [3.8, 4) is 5.75 Å². The molecule has 0 unspecified atom stereocenters. The highest BCUT2D eigenvalue weighted by atomic mass is 16.5. The summed E-state index contributed by atoms with van der Waals surface area (Å²) in [6, 6.07) is 9.45. The van der Waals surface area contributed by atoms with Gasteiger partial charge in [-0.05, 0) is 37.8 Å². The van der Waals surface area contributed by atoms with Crippen LogP contribution in [0.4, 0.5) is 0 Å². The van der Waals surface area contributed by atoms with Crippen LogP contribution in [0.2, 0.25) is 0 Å². The summed E-state index contributed by atoms with van der Waals surface area (Å²) in [5.41, 5.74) is 0.337. The van der Waals surface area contributed by atoms with E-state index >= 15 is 0 Å². The molecule has 1 aromatic heterocycles. The second-order valence-electron chi connectivity index (χ2n) is 7.27. The van der Waals surface area contributed by atoms with Gasteiger partial charge < -0.3 is 19.3 Å². The van der Waals surface area contributed by atoms with Gasteiger partial charge in [-0.25, -0.2) is 0 Å². The zero-order valence-corrected chi connectivity index (χ0v) is 15.6. The first kappa shape index (κ1) is 18.5. The number of para-hydroxylation sites is 1. The normalized spacial score (nSPS) is 16.7. The summed E-state index contributed by atoms with van der Waals surface area (Å²) in [5.74, 6) is 1.33. The second-order valence-corrected chi connectivity index (χ2v) is 7.27. The van der Waals surface area contributed by atoms with E-state index in [-0.39, 0.29) is 18.4 Å². The van der Waals surface area contributed by atoms with Crippen LogP contribution in [-0.4, -0.2) is 46.4 Å². The largest absolute Gasteiger partial charge is 0.491 e. The van der Waals surface area contributed by atoms with E-state index in [1.807, 2.05) is 44.2 Å². The lowest BCUT2D eigenvalue weighted by Gasteiger charge is -2.38. The maximum atomic E-state index is 12.9. The van der Waals surface area contributed by atoms with Crippen molar-refractivity contribution in [3.05, 3.63) is 47.3 Å². The zero-order valence-electron chi connectivity index (χ0n) is 15.6. The van der Waals surface area contributed by atoms with Crippen LogP contribution < -0.4 is 4.74 Å². The molecule has 6 nitrogen and oxygen atoms in total. The molecule has 1 saturated heterocycles. The molecule has 1 aliphatic heterocycles. The molecule has 0 radical (unpaired) electrons. The first-order valence-corrected chi connectivity index (χ1v) is 9.05. The Morgan fingerprint density at radius 2 is 1.96 bits per heavy atom. The van der Waals surface area contributed by atoms with Gasteiger partial charge in [0.05, 0.1) is 5.69 Å². The number of carbonyl (C=O) groups is 1. The number of carbonyl (C=O) groups excluding carboxylic acids is 1. The molecule has 0 aliphatic carbocycles. The number of aryl methyl sites for hydroxylation is 1. The van der Waals surface area contributed by atoms with Gasteiger partial charge in [0.1, 0.15) is 29.3 Å². The minimum Gasteiger partial charge on any atom is -0.491 e. The quantitative estimate of drug-likeness (QED) is 0.888. The lowest BCUT2D eigenvalue weighted by molar-refractivity contribution is -0.0475. The molecule has 140 valence electrons. The van der Waals surface area contributed by atoms with Crippen LogP contribution in [0, 0.1) is 6.92 Å². The van der Waals surface area contributed by atoms with Gasteiger partial charge in [0, 0.05) is 13.1 Å². The molecule has 0 spiro atoms. The Kier molecular flexibility index (Phi) is 5.32. The Hall–Kier alpha value is -2.34. The van der Waals surface area contributed by atoms with Crippen LogP contribution in [-0.2, 0) is 0 Å². The third kappa shape index (κ3) is 3.90. The fraction of sp³-hybridized carbons (Fsp3) is 0.500. The van der Waals surface area contributed by atoms with E-state index in [0.717, 1.165) is 5.75 Å². The predicted octanol–water partition coefficient (Wildman–Crippen LogP) is 3.15. The van der Waals surface area contributed by atoms with Crippen molar-refractivity contribution in [1.29, 1.82) is 0 Å². The van der Waals surface area contributed by atoms with Gasteiger partial charge in [0.15, 0.2) is 0 Å². The molecule has 2 heterocycles. The number of hydrogen-bond donors (Lipinski definition) is 1. The Bertz CT molecular complexity index is 746. The molecule has 0 bridgehead atoms. The minimum absolute atomic E-state index is 0.0709. The van der Waals surface area contributed by atoms with Crippen molar-refractivity contribution < 1.29 is 19.2 Å². The van der Waals surface area contributed by atoms with Gasteiger partial charge in [-0.15, -0.1) is 0 Å². The molecular formula is C20H26N2O4. The molecule has 1 N–H and O–H groups in total. The molecule has 3 rings (SSSR count). The molecule has 0 saturated carbocycles. The van der Waals surface area contributed by atoms with Crippen LogP contribution in [0.15, 0.2) is 34.9 Å². The zero-order chi connectivity index (χ0) is 18.7. The van der Waals surface area contributed by atoms with Crippen LogP contribution in [0.25, 0.3) is 0 Å². The summed E-state index contributed by atoms with van der Waals surface area (Å²) in [4.78, 5) is 14.7. The van der Waals surface area contributed by atoms with Crippen molar-refractivity contribution in [3.63, 3.8) is 0 Å². The van der Waals surface area contributed by atoms with Crippen LogP contribution in [0.5, 0.6) is 5.75 Å². The maximum Gasteiger partial charge on any atom is 0.259 e. The van der Waals surface area contributed by atoms with E-state index in [0.29, 0.717) is 42.9 Å². The number of hydrogen-bond acceptors (Lipinski definition) is 5. The van der Waals surface area contributed by atoms with E-state index in [1.165, 1.54) is 0 Å². The van der Waals surface area contributed by atoms with Crippen LogP contribution in [0.3, 0.4) is 0 Å². The van der Waals surface area contributed by atoms with Crippen molar-refractivity contribution in [2.45, 2.75) is 45.1 Å². The lowest BCUT2D eigenvalue weighted by atomic mass is 9.91. The summed E-state index contributed by atoms with van der Waals surface area (Å²) in [6.45, 7) is 6.93. The molecule has 1 aromatic carbocycles. The summed E-state index contributed by atoms with van der Waals surface area (Å²) in [7, 11) is 0. The fourth-order valence-corrected chi connectivity index (χ4v) is 3.21. The number of aliphatic hydroxyl groups is 1. The number of ether oxygens (including phenoxy) is 1. The lowest BCUT2D eigenvalue weighted by Crippen LogP contribution is -2.49. The Morgan fingerprint density at radius 3 is 2.58 bits per heavy atom. The van der Waals surface area contributed by atoms with Crippen LogP contribution >= 0.6 is 0 Å². The third-order valence-corrected chi connectivity index (χ3v) is 4.88. The van der Waals surface area contributed by atoms with E-state index in [2.05, 4.69) is 5.16 Å². The molecule has 1 fully saturated rings. The number of likely N-dealkylation sites (tertiary alicyclic amines) is 1. The second kappa shape index (κ2) is 7.50. The SMILES string of the molecule is Cc1onc(C(C)C)c1C(=O)N1CCC(O)(COc2ccccc2)CC1. The highest BCUT2D eigenvalue weighted by molar-refractivity contribution is 5.96. The van der Waals surface area contributed by atoms with E-state index in [1.54, 1.807) is 11.8 Å². The van der Waals surface area contributed by atoms with E-state index < -0.39 is 5.60 Å². The molecule has 1 aliphatic rings. The van der Waals surface area contributed by atoms with Gasteiger partial charge >= 0.3 is 0 Å². The number of rotatable bonds is 5. The van der Waals surface area contributed by atoms with E-state index in [4.69, 9.17) is 9.26 Å². The van der Waals surface area contributed by atoms with Crippen molar-refractivity contribution in [1.82, 2.24) is 10.1 Å². The average Bonchev–Trinajstić information content (AvgIpc) is 3.03. The Morgan fingerprint density at radius 1 is 1.31 bits per heavy atom. The Labute approximate surface area is 153 Å². The van der Waals surface area contributed by atoms with Crippen LogP contribution in [0.1, 0.15) is 54.4 Å². The monoisotopic (exact) mass is 358 g/mol.